The van der Waals surface area contributed by atoms with Gasteiger partial charge in [-0.15, -0.1) is 0 Å². The van der Waals surface area contributed by atoms with Gasteiger partial charge in [0.1, 0.15) is 5.78 Å². The number of Topliss-reactive ketones (excluding diaryl/α,β-unsaturated/α-hetero) is 1. The summed E-state index contributed by atoms with van der Waals surface area (Å²) in [5.41, 5.74) is 3.68. The first-order valence-electron chi connectivity index (χ1n) is 8.14. The van der Waals surface area contributed by atoms with Crippen molar-refractivity contribution in [1.82, 2.24) is 0 Å². The van der Waals surface area contributed by atoms with E-state index in [4.69, 9.17) is 0 Å². The lowest BCUT2D eigenvalue weighted by Crippen LogP contribution is -1.80. The van der Waals surface area contributed by atoms with Gasteiger partial charge in [-0.1, -0.05) is 94.8 Å². The van der Waals surface area contributed by atoms with Crippen molar-refractivity contribution in [3.8, 4) is 0 Å². The SMILES string of the molecule is C=CC(=C)C.CC.CC.CCC(C)=O.Cc1ccc(C)cc1. The van der Waals surface area contributed by atoms with Gasteiger partial charge in [0.25, 0.3) is 0 Å². The molecule has 0 heterocycles. The molecule has 1 rings (SSSR count). The van der Waals surface area contributed by atoms with E-state index in [2.05, 4.69) is 51.3 Å². The zero-order chi connectivity index (χ0) is 18.6. The summed E-state index contributed by atoms with van der Waals surface area (Å²) in [7, 11) is 0. The van der Waals surface area contributed by atoms with Gasteiger partial charge in [-0.25, -0.2) is 0 Å². The third-order valence-corrected chi connectivity index (χ3v) is 2.06. The van der Waals surface area contributed by atoms with Crippen LogP contribution >= 0.6 is 0 Å². The largest absolute Gasteiger partial charge is 0.300 e. The summed E-state index contributed by atoms with van der Waals surface area (Å²) in [5.74, 6) is 0.255. The first-order valence-corrected chi connectivity index (χ1v) is 8.14. The molecule has 0 aliphatic rings. The highest BCUT2D eigenvalue weighted by atomic mass is 16.1. The second-order valence-corrected chi connectivity index (χ2v) is 4.26. The summed E-state index contributed by atoms with van der Waals surface area (Å²) in [6, 6.07) is 8.48. The number of carbonyl (C=O) groups is 1. The van der Waals surface area contributed by atoms with Gasteiger partial charge in [0.15, 0.2) is 0 Å². The van der Waals surface area contributed by atoms with Crippen molar-refractivity contribution in [1.29, 1.82) is 0 Å². The Morgan fingerprint density at radius 2 is 1.14 bits per heavy atom. The van der Waals surface area contributed by atoms with Gasteiger partial charge in [0.2, 0.25) is 0 Å². The molecule has 0 spiro atoms. The van der Waals surface area contributed by atoms with Crippen molar-refractivity contribution in [2.24, 2.45) is 0 Å². The van der Waals surface area contributed by atoms with E-state index in [9.17, 15) is 4.79 Å². The zero-order valence-corrected chi connectivity index (χ0v) is 16.4. The Labute approximate surface area is 140 Å². The first-order chi connectivity index (χ1) is 10.3. The third kappa shape index (κ3) is 36.2. The summed E-state index contributed by atoms with van der Waals surface area (Å²) < 4.78 is 0. The van der Waals surface area contributed by atoms with E-state index in [0.717, 1.165) is 5.57 Å². The second-order valence-electron chi connectivity index (χ2n) is 4.26. The second kappa shape index (κ2) is 24.4. The van der Waals surface area contributed by atoms with E-state index in [1.54, 1.807) is 13.0 Å². The highest BCUT2D eigenvalue weighted by Gasteiger charge is 1.79. The number of rotatable bonds is 2. The molecule has 1 aromatic carbocycles. The molecule has 0 aromatic heterocycles. The monoisotopic (exact) mass is 306 g/mol. The molecule has 0 aliphatic heterocycles. The normalized spacial score (nSPS) is 7.14. The van der Waals surface area contributed by atoms with Crippen molar-refractivity contribution in [2.75, 3.05) is 0 Å². The van der Waals surface area contributed by atoms with Crippen LogP contribution in [0.5, 0.6) is 0 Å². The fourth-order valence-corrected chi connectivity index (χ4v) is 0.637. The van der Waals surface area contributed by atoms with Crippen molar-refractivity contribution in [3.05, 3.63) is 60.2 Å². The van der Waals surface area contributed by atoms with Crippen LogP contribution in [0.15, 0.2) is 49.1 Å². The quantitative estimate of drug-likeness (QED) is 0.533. The number of carbonyl (C=O) groups excluding carboxylic acids is 1. The minimum absolute atomic E-state index is 0.255. The maximum atomic E-state index is 9.81. The number of allylic oxidation sites excluding steroid dienone is 2. The molecule has 0 aliphatic carbocycles. The van der Waals surface area contributed by atoms with Gasteiger partial charge in [-0.05, 0) is 27.7 Å². The minimum atomic E-state index is 0.255. The molecular weight excluding hydrogens is 268 g/mol. The van der Waals surface area contributed by atoms with Crippen LogP contribution in [0, 0.1) is 13.8 Å². The average molecular weight is 307 g/mol. The van der Waals surface area contributed by atoms with Gasteiger partial charge in [-0.2, -0.15) is 0 Å². The highest BCUT2D eigenvalue weighted by Crippen LogP contribution is 1.99. The van der Waals surface area contributed by atoms with Crippen molar-refractivity contribution < 1.29 is 4.79 Å². The van der Waals surface area contributed by atoms with E-state index in [-0.39, 0.29) is 5.78 Å². The fourth-order valence-electron chi connectivity index (χ4n) is 0.637. The van der Waals surface area contributed by atoms with E-state index < -0.39 is 0 Å². The molecule has 0 atom stereocenters. The summed E-state index contributed by atoms with van der Waals surface area (Å²) in [5, 5.41) is 0. The Kier molecular flexibility index (Phi) is 31.6. The Hall–Kier alpha value is -1.63. The minimum Gasteiger partial charge on any atom is -0.300 e. The van der Waals surface area contributed by atoms with Crippen LogP contribution in [-0.4, -0.2) is 5.78 Å². The summed E-state index contributed by atoms with van der Waals surface area (Å²) in [4.78, 5) is 9.81. The van der Waals surface area contributed by atoms with Crippen LogP contribution in [0.3, 0.4) is 0 Å². The fraction of sp³-hybridized carbons (Fsp3) is 0.476. The number of aryl methyl sites for hydroxylation is 2. The standard InChI is InChI=1S/C8H10.C5H8.C4H8O.2C2H6/c1-7-3-5-8(2)6-4-7;1-4-5(2)3;1-3-4(2)5;2*1-2/h3-6H,1-2H3;4H,1-2H2,3H3;3H2,1-2H3;2*1-2H3. The lowest BCUT2D eigenvalue weighted by Gasteiger charge is -1.90. The molecule has 0 unspecified atom stereocenters. The highest BCUT2D eigenvalue weighted by molar-refractivity contribution is 5.74. The average Bonchev–Trinajstić information content (AvgIpc) is 2.55. The molecule has 1 nitrogen and oxygen atoms in total. The van der Waals surface area contributed by atoms with Crippen LogP contribution in [0.1, 0.15) is 66.0 Å². The van der Waals surface area contributed by atoms with E-state index in [1.807, 2.05) is 41.5 Å². The van der Waals surface area contributed by atoms with Crippen molar-refractivity contribution in [2.45, 2.75) is 68.7 Å². The molecule has 0 saturated carbocycles. The molecule has 0 fully saturated rings. The van der Waals surface area contributed by atoms with Crippen LogP contribution in [0.25, 0.3) is 0 Å². The smallest absolute Gasteiger partial charge is 0.129 e. The van der Waals surface area contributed by atoms with Crippen LogP contribution < -0.4 is 0 Å². The van der Waals surface area contributed by atoms with Gasteiger partial charge in [-0.3, -0.25) is 0 Å². The Bertz CT molecular complexity index is 337. The topological polar surface area (TPSA) is 17.1 Å². The van der Waals surface area contributed by atoms with Gasteiger partial charge in [0.05, 0.1) is 0 Å². The molecule has 1 aromatic rings. The Balaban J connectivity index is -0.000000103. The van der Waals surface area contributed by atoms with E-state index >= 15 is 0 Å². The predicted octanol–water partition coefficient (Wildman–Crippen LogP) is 7.09. The molecule has 128 valence electrons. The maximum absolute atomic E-state index is 9.81. The van der Waals surface area contributed by atoms with Crippen LogP contribution in [-0.2, 0) is 4.79 Å². The molecular formula is C21H38O. The molecule has 0 bridgehead atoms. The number of hydrogen-bond donors (Lipinski definition) is 0. The first kappa shape index (κ1) is 28.5. The van der Waals surface area contributed by atoms with Gasteiger partial charge < -0.3 is 4.79 Å². The molecule has 0 radical (unpaired) electrons. The Morgan fingerprint density at radius 3 is 1.23 bits per heavy atom. The van der Waals surface area contributed by atoms with Crippen molar-refractivity contribution in [3.63, 3.8) is 0 Å². The number of hydrogen-bond acceptors (Lipinski definition) is 1. The van der Waals surface area contributed by atoms with Gasteiger partial charge >= 0.3 is 0 Å². The molecule has 1 heteroatoms. The summed E-state index contributed by atoms with van der Waals surface area (Å²) in [6.07, 6.45) is 2.39. The predicted molar refractivity (Wildman–Crippen MR) is 105 cm³/mol. The number of ketones is 1. The van der Waals surface area contributed by atoms with Gasteiger partial charge in [0, 0.05) is 6.42 Å². The molecule has 0 amide bonds. The van der Waals surface area contributed by atoms with Crippen LogP contribution in [0.4, 0.5) is 0 Å². The summed E-state index contributed by atoms with van der Waals surface area (Å²) >= 11 is 0. The molecule has 22 heavy (non-hydrogen) atoms. The zero-order valence-electron chi connectivity index (χ0n) is 16.4. The molecule has 0 saturated heterocycles. The van der Waals surface area contributed by atoms with Crippen LogP contribution in [0.2, 0.25) is 0 Å². The number of benzene rings is 1. The van der Waals surface area contributed by atoms with E-state index in [0.29, 0.717) is 6.42 Å². The Morgan fingerprint density at radius 1 is 0.955 bits per heavy atom. The molecule has 0 N–H and O–H groups in total. The summed E-state index contributed by atoms with van der Waals surface area (Å²) in [6.45, 7) is 24.6. The lowest BCUT2D eigenvalue weighted by atomic mass is 10.2. The van der Waals surface area contributed by atoms with Crippen molar-refractivity contribution >= 4 is 5.78 Å². The lowest BCUT2D eigenvalue weighted by molar-refractivity contribution is -0.116. The van der Waals surface area contributed by atoms with E-state index in [1.165, 1.54) is 11.1 Å². The maximum Gasteiger partial charge on any atom is 0.129 e. The third-order valence-electron chi connectivity index (χ3n) is 2.06.